The van der Waals surface area contributed by atoms with Gasteiger partial charge >= 0.3 is 0 Å². The van der Waals surface area contributed by atoms with Crippen LogP contribution in [0.1, 0.15) is 42.5 Å². The summed E-state index contributed by atoms with van der Waals surface area (Å²) in [5, 5.41) is 10.7. The lowest BCUT2D eigenvalue weighted by Gasteiger charge is -2.16. The van der Waals surface area contributed by atoms with Crippen LogP contribution < -0.4 is 10.1 Å². The molecule has 1 N–H and O–H groups in total. The van der Waals surface area contributed by atoms with E-state index in [4.69, 9.17) is 9.15 Å². The molecule has 0 aliphatic carbocycles. The molecule has 0 spiro atoms. The van der Waals surface area contributed by atoms with Crippen molar-refractivity contribution in [2.24, 2.45) is 0 Å². The number of rotatable bonds is 8. The molecule has 1 amide bonds. The van der Waals surface area contributed by atoms with E-state index in [-0.39, 0.29) is 24.4 Å². The van der Waals surface area contributed by atoms with E-state index in [0.29, 0.717) is 11.1 Å². The summed E-state index contributed by atoms with van der Waals surface area (Å²) in [6.45, 7) is 7.72. The smallest absolute Gasteiger partial charge is 0.277 e. The van der Waals surface area contributed by atoms with Crippen LogP contribution in [0.4, 0.5) is 4.39 Å². The molecule has 2 unspecified atom stereocenters. The number of nitrogens with zero attached hydrogens (tertiary/aromatic N) is 2. The number of benzene rings is 2. The number of amides is 1. The maximum Gasteiger partial charge on any atom is 0.277 e. The van der Waals surface area contributed by atoms with Crippen LogP contribution in [0.5, 0.6) is 5.75 Å². The largest absolute Gasteiger partial charge is 0.484 e. The zero-order chi connectivity index (χ0) is 21.7. The van der Waals surface area contributed by atoms with Crippen molar-refractivity contribution in [3.05, 3.63) is 70.9 Å². The average molecular weight is 430 g/mol. The summed E-state index contributed by atoms with van der Waals surface area (Å²) in [6, 6.07) is 11.8. The van der Waals surface area contributed by atoms with Crippen molar-refractivity contribution in [2.75, 3.05) is 0 Å². The first kappa shape index (κ1) is 21.8. The Morgan fingerprint density at radius 1 is 1.17 bits per heavy atom. The van der Waals surface area contributed by atoms with Gasteiger partial charge in [-0.1, -0.05) is 36.0 Å². The number of halogens is 1. The van der Waals surface area contributed by atoms with Gasteiger partial charge in [-0.05, 0) is 62.6 Å². The van der Waals surface area contributed by atoms with E-state index in [1.807, 2.05) is 39.0 Å². The standard InChI is InChI=1S/C22H24FN3O3S/c1-13-5-6-14(2)19(11-13)28-12-20-25-26-22(29-20)30-16(4)21(27)24-15(3)17-7-9-18(23)10-8-17/h5-11,15-16H,12H2,1-4H3,(H,24,27). The maximum atomic E-state index is 13.1. The number of aromatic nitrogens is 2. The average Bonchev–Trinajstić information content (AvgIpc) is 3.16. The molecule has 8 heteroatoms. The quantitative estimate of drug-likeness (QED) is 0.520. The molecular weight excluding hydrogens is 405 g/mol. The van der Waals surface area contributed by atoms with E-state index in [1.54, 1.807) is 19.1 Å². The van der Waals surface area contributed by atoms with Gasteiger partial charge in [-0.2, -0.15) is 0 Å². The molecule has 0 aliphatic heterocycles. The predicted molar refractivity (Wildman–Crippen MR) is 113 cm³/mol. The van der Waals surface area contributed by atoms with Crippen molar-refractivity contribution in [3.8, 4) is 5.75 Å². The summed E-state index contributed by atoms with van der Waals surface area (Å²) >= 11 is 1.17. The molecule has 0 saturated carbocycles. The summed E-state index contributed by atoms with van der Waals surface area (Å²) in [5.74, 6) is 0.619. The Kier molecular flexibility index (Phi) is 7.10. The van der Waals surface area contributed by atoms with E-state index >= 15 is 0 Å². The number of aryl methyl sites for hydroxylation is 2. The second-order valence-electron chi connectivity index (χ2n) is 7.06. The lowest BCUT2D eigenvalue weighted by Crippen LogP contribution is -2.33. The highest BCUT2D eigenvalue weighted by molar-refractivity contribution is 8.00. The number of carbonyl (C=O) groups excluding carboxylic acids is 1. The normalized spacial score (nSPS) is 13.0. The SMILES string of the molecule is Cc1ccc(C)c(OCc2nnc(SC(C)C(=O)NC(C)c3ccc(F)cc3)o2)c1. The van der Waals surface area contributed by atoms with Crippen molar-refractivity contribution in [3.63, 3.8) is 0 Å². The first-order valence-corrected chi connectivity index (χ1v) is 10.4. The summed E-state index contributed by atoms with van der Waals surface area (Å²) in [6.07, 6.45) is 0. The second-order valence-corrected chi connectivity index (χ2v) is 8.35. The molecule has 0 aliphatic rings. The number of thioether (sulfide) groups is 1. The lowest BCUT2D eigenvalue weighted by molar-refractivity contribution is -0.120. The molecular formula is C22H24FN3O3S. The van der Waals surface area contributed by atoms with Gasteiger partial charge in [0.05, 0.1) is 11.3 Å². The van der Waals surface area contributed by atoms with Gasteiger partial charge in [0, 0.05) is 0 Å². The zero-order valence-corrected chi connectivity index (χ0v) is 18.1. The van der Waals surface area contributed by atoms with Gasteiger partial charge in [0.15, 0.2) is 6.61 Å². The highest BCUT2D eigenvalue weighted by Gasteiger charge is 2.20. The van der Waals surface area contributed by atoms with Crippen LogP contribution in [-0.2, 0) is 11.4 Å². The van der Waals surface area contributed by atoms with Crippen LogP contribution in [0.2, 0.25) is 0 Å². The molecule has 0 saturated heterocycles. The van der Waals surface area contributed by atoms with Crippen molar-refractivity contribution >= 4 is 17.7 Å². The maximum absolute atomic E-state index is 13.1. The molecule has 6 nitrogen and oxygen atoms in total. The van der Waals surface area contributed by atoms with Crippen molar-refractivity contribution in [1.29, 1.82) is 0 Å². The van der Waals surface area contributed by atoms with Crippen LogP contribution >= 0.6 is 11.8 Å². The van der Waals surface area contributed by atoms with E-state index < -0.39 is 5.25 Å². The summed E-state index contributed by atoms with van der Waals surface area (Å²) in [5.41, 5.74) is 2.95. The van der Waals surface area contributed by atoms with Crippen molar-refractivity contribution < 1.29 is 18.3 Å². The highest BCUT2D eigenvalue weighted by Crippen LogP contribution is 2.24. The fraction of sp³-hybridized carbons (Fsp3) is 0.318. The summed E-state index contributed by atoms with van der Waals surface area (Å²) in [7, 11) is 0. The molecule has 1 aromatic heterocycles. The fourth-order valence-electron chi connectivity index (χ4n) is 2.72. The number of ether oxygens (including phenoxy) is 1. The Hall–Kier alpha value is -2.87. The first-order valence-electron chi connectivity index (χ1n) is 9.56. The summed E-state index contributed by atoms with van der Waals surface area (Å²) in [4.78, 5) is 12.5. The number of carbonyl (C=O) groups is 1. The highest BCUT2D eigenvalue weighted by atomic mass is 32.2. The van der Waals surface area contributed by atoms with Crippen LogP contribution in [0.3, 0.4) is 0 Å². The van der Waals surface area contributed by atoms with E-state index in [0.717, 1.165) is 22.4 Å². The Balaban J connectivity index is 1.52. The third-order valence-electron chi connectivity index (χ3n) is 4.52. The van der Waals surface area contributed by atoms with Gasteiger partial charge in [0.25, 0.3) is 11.1 Å². The Labute approximate surface area is 179 Å². The number of hydrogen-bond donors (Lipinski definition) is 1. The third kappa shape index (κ3) is 5.82. The van der Waals surface area contributed by atoms with Gasteiger partial charge < -0.3 is 14.5 Å². The first-order chi connectivity index (χ1) is 14.3. The van der Waals surface area contributed by atoms with Crippen molar-refractivity contribution in [2.45, 2.75) is 50.8 Å². The second kappa shape index (κ2) is 9.75. The molecule has 3 aromatic rings. The minimum atomic E-state index is -0.443. The molecule has 1 heterocycles. The van der Waals surface area contributed by atoms with Crippen LogP contribution in [0, 0.1) is 19.7 Å². The van der Waals surface area contributed by atoms with E-state index in [1.165, 1.54) is 23.9 Å². The Morgan fingerprint density at radius 2 is 1.90 bits per heavy atom. The van der Waals surface area contributed by atoms with Crippen LogP contribution in [0.25, 0.3) is 0 Å². The Bertz CT molecular complexity index is 1010. The topological polar surface area (TPSA) is 77.2 Å². The van der Waals surface area contributed by atoms with Gasteiger partial charge in [-0.25, -0.2) is 4.39 Å². The molecule has 30 heavy (non-hydrogen) atoms. The summed E-state index contributed by atoms with van der Waals surface area (Å²) < 4.78 is 24.4. The molecule has 2 atom stereocenters. The monoisotopic (exact) mass is 429 g/mol. The Morgan fingerprint density at radius 3 is 2.63 bits per heavy atom. The van der Waals surface area contributed by atoms with Gasteiger partial charge in [-0.3, -0.25) is 4.79 Å². The van der Waals surface area contributed by atoms with Crippen LogP contribution in [0.15, 0.2) is 52.1 Å². The zero-order valence-electron chi connectivity index (χ0n) is 17.3. The fourth-order valence-corrected chi connectivity index (χ4v) is 3.43. The van der Waals surface area contributed by atoms with E-state index in [9.17, 15) is 9.18 Å². The van der Waals surface area contributed by atoms with Gasteiger partial charge in [0.1, 0.15) is 11.6 Å². The molecule has 0 bridgehead atoms. The molecule has 2 aromatic carbocycles. The number of hydrogen-bond acceptors (Lipinski definition) is 6. The van der Waals surface area contributed by atoms with Gasteiger partial charge in [-0.15, -0.1) is 10.2 Å². The van der Waals surface area contributed by atoms with Crippen molar-refractivity contribution in [1.82, 2.24) is 15.5 Å². The molecule has 3 rings (SSSR count). The molecule has 0 fully saturated rings. The molecule has 0 radical (unpaired) electrons. The minimum Gasteiger partial charge on any atom is -0.484 e. The van der Waals surface area contributed by atoms with Gasteiger partial charge in [0.2, 0.25) is 5.91 Å². The minimum absolute atomic E-state index is 0.153. The van der Waals surface area contributed by atoms with E-state index in [2.05, 4.69) is 15.5 Å². The number of nitrogens with one attached hydrogen (secondary N) is 1. The lowest BCUT2D eigenvalue weighted by atomic mass is 10.1. The third-order valence-corrected chi connectivity index (χ3v) is 5.45. The predicted octanol–water partition coefficient (Wildman–Crippen LogP) is 4.76. The molecule has 158 valence electrons. The van der Waals surface area contributed by atoms with Crippen LogP contribution in [-0.4, -0.2) is 21.4 Å².